The number of anilines is 1. The summed E-state index contributed by atoms with van der Waals surface area (Å²) >= 11 is 6.10. The molecule has 1 aromatic rings. The molecule has 2 N–H and O–H groups in total. The smallest absolute Gasteiger partial charge is 0.315 e. The van der Waals surface area contributed by atoms with E-state index in [0.717, 1.165) is 18.4 Å². The number of halogens is 1. The molecule has 3 amide bonds. The van der Waals surface area contributed by atoms with E-state index in [1.165, 1.54) is 14.0 Å². The van der Waals surface area contributed by atoms with E-state index in [1.54, 1.807) is 11.0 Å². The molecule has 1 saturated carbocycles. The summed E-state index contributed by atoms with van der Waals surface area (Å²) in [5.41, 5.74) is 1.50. The van der Waals surface area contributed by atoms with E-state index >= 15 is 0 Å². The van der Waals surface area contributed by atoms with Crippen LogP contribution in [0.2, 0.25) is 5.02 Å². The second kappa shape index (κ2) is 7.55. The molecule has 0 atom stereocenters. The maximum absolute atomic E-state index is 12.0. The van der Waals surface area contributed by atoms with Crippen LogP contribution in [0.4, 0.5) is 10.5 Å². The summed E-state index contributed by atoms with van der Waals surface area (Å²) in [5.74, 6) is 0.396. The van der Waals surface area contributed by atoms with E-state index in [1.807, 2.05) is 13.0 Å². The lowest BCUT2D eigenvalue weighted by Gasteiger charge is -2.24. The Morgan fingerprint density at radius 2 is 2.09 bits per heavy atom. The van der Waals surface area contributed by atoms with Gasteiger partial charge < -0.3 is 20.3 Å². The van der Waals surface area contributed by atoms with E-state index in [-0.39, 0.29) is 11.9 Å². The maximum Gasteiger partial charge on any atom is 0.315 e. The van der Waals surface area contributed by atoms with Gasteiger partial charge in [-0.15, -0.1) is 0 Å². The summed E-state index contributed by atoms with van der Waals surface area (Å²) in [5, 5.41) is 6.18. The second-order valence-corrected chi connectivity index (χ2v) is 6.03. The van der Waals surface area contributed by atoms with Crippen LogP contribution in [0, 0.1) is 6.92 Å². The number of nitrogens with one attached hydrogen (secondary N) is 2. The zero-order chi connectivity index (χ0) is 17.0. The largest absolute Gasteiger partial charge is 0.495 e. The van der Waals surface area contributed by atoms with Gasteiger partial charge in [-0.25, -0.2) is 4.79 Å². The third kappa shape index (κ3) is 4.76. The highest BCUT2D eigenvalue weighted by molar-refractivity contribution is 6.31. The number of carbonyl (C=O) groups excluding carboxylic acids is 2. The van der Waals surface area contributed by atoms with Crippen LogP contribution in [0.25, 0.3) is 0 Å². The lowest BCUT2D eigenvalue weighted by atomic mass is 10.2. The van der Waals surface area contributed by atoms with Gasteiger partial charge in [-0.05, 0) is 31.4 Å². The minimum absolute atomic E-state index is 0.130. The number of nitrogens with zero attached hydrogens (tertiary/aromatic N) is 1. The minimum Gasteiger partial charge on any atom is -0.495 e. The first-order valence-corrected chi connectivity index (χ1v) is 7.96. The molecule has 0 unspecified atom stereocenters. The quantitative estimate of drug-likeness (QED) is 0.836. The van der Waals surface area contributed by atoms with Gasteiger partial charge in [0.2, 0.25) is 5.91 Å². The average Bonchev–Trinajstić information content (AvgIpc) is 3.29. The van der Waals surface area contributed by atoms with Crippen molar-refractivity contribution in [3.8, 4) is 5.75 Å². The molecule has 0 radical (unpaired) electrons. The SMILES string of the molecule is COc1cc(Cl)c(C)cc1N(CCNC(=O)NC1CC1)C(C)=O. The molecule has 1 aromatic carbocycles. The Labute approximate surface area is 141 Å². The second-order valence-electron chi connectivity index (χ2n) is 5.62. The van der Waals surface area contributed by atoms with Crippen molar-refractivity contribution in [3.05, 3.63) is 22.7 Å². The van der Waals surface area contributed by atoms with Crippen LogP contribution in [-0.4, -0.2) is 38.2 Å². The van der Waals surface area contributed by atoms with Gasteiger partial charge in [0, 0.05) is 37.1 Å². The van der Waals surface area contributed by atoms with Gasteiger partial charge in [0.25, 0.3) is 0 Å². The highest BCUT2D eigenvalue weighted by Gasteiger charge is 2.23. The Bertz CT molecular complexity index is 602. The van der Waals surface area contributed by atoms with Crippen molar-refractivity contribution in [3.63, 3.8) is 0 Å². The lowest BCUT2D eigenvalue weighted by Crippen LogP contribution is -2.42. The van der Waals surface area contributed by atoms with Crippen molar-refractivity contribution in [1.82, 2.24) is 10.6 Å². The van der Waals surface area contributed by atoms with Crippen molar-refractivity contribution in [2.24, 2.45) is 0 Å². The molecule has 1 fully saturated rings. The number of carbonyl (C=O) groups is 2. The Morgan fingerprint density at radius 3 is 2.65 bits per heavy atom. The van der Waals surface area contributed by atoms with Gasteiger partial charge in [-0.1, -0.05) is 11.6 Å². The van der Waals surface area contributed by atoms with Gasteiger partial charge >= 0.3 is 6.03 Å². The van der Waals surface area contributed by atoms with Gasteiger partial charge in [0.1, 0.15) is 5.75 Å². The number of hydrogen-bond donors (Lipinski definition) is 2. The molecule has 0 heterocycles. The van der Waals surface area contributed by atoms with Gasteiger partial charge in [-0.2, -0.15) is 0 Å². The first-order chi connectivity index (χ1) is 10.9. The summed E-state index contributed by atoms with van der Waals surface area (Å²) in [7, 11) is 1.53. The predicted octanol–water partition coefficient (Wildman–Crippen LogP) is 2.47. The Morgan fingerprint density at radius 1 is 1.39 bits per heavy atom. The zero-order valence-corrected chi connectivity index (χ0v) is 14.4. The summed E-state index contributed by atoms with van der Waals surface area (Å²) in [6.45, 7) is 4.05. The van der Waals surface area contributed by atoms with Crippen LogP contribution in [-0.2, 0) is 4.79 Å². The fourth-order valence-electron chi connectivity index (χ4n) is 2.22. The van der Waals surface area contributed by atoms with Crippen LogP contribution in [0.5, 0.6) is 5.75 Å². The van der Waals surface area contributed by atoms with Crippen molar-refractivity contribution < 1.29 is 14.3 Å². The highest BCUT2D eigenvalue weighted by Crippen LogP contribution is 2.33. The number of urea groups is 1. The van der Waals surface area contributed by atoms with E-state index in [2.05, 4.69) is 10.6 Å². The molecule has 23 heavy (non-hydrogen) atoms. The molecule has 0 aliphatic heterocycles. The minimum atomic E-state index is -0.199. The molecule has 126 valence electrons. The molecule has 6 nitrogen and oxygen atoms in total. The van der Waals surface area contributed by atoms with Crippen LogP contribution in [0.1, 0.15) is 25.3 Å². The molecule has 0 bridgehead atoms. The van der Waals surface area contributed by atoms with Crippen molar-refractivity contribution in [2.75, 3.05) is 25.1 Å². The van der Waals surface area contributed by atoms with Crippen LogP contribution in [0.3, 0.4) is 0 Å². The Balaban J connectivity index is 2.04. The molecule has 7 heteroatoms. The predicted molar refractivity (Wildman–Crippen MR) is 90.3 cm³/mol. The lowest BCUT2D eigenvalue weighted by molar-refractivity contribution is -0.116. The fraction of sp³-hybridized carbons (Fsp3) is 0.500. The molecule has 1 aliphatic rings. The molecule has 1 aliphatic carbocycles. The van der Waals surface area contributed by atoms with Crippen LogP contribution in [0.15, 0.2) is 12.1 Å². The first-order valence-electron chi connectivity index (χ1n) is 7.59. The van der Waals surface area contributed by atoms with Crippen molar-refractivity contribution in [2.45, 2.75) is 32.7 Å². The molecular formula is C16H22ClN3O3. The maximum atomic E-state index is 12.0. The average molecular weight is 340 g/mol. The Kier molecular flexibility index (Phi) is 5.71. The Hall–Kier alpha value is -1.95. The number of ether oxygens (including phenoxy) is 1. The normalized spacial score (nSPS) is 13.4. The number of amides is 3. The van der Waals surface area contributed by atoms with Gasteiger partial charge in [-0.3, -0.25) is 4.79 Å². The van der Waals surface area contributed by atoms with E-state index in [4.69, 9.17) is 16.3 Å². The number of benzene rings is 1. The van der Waals surface area contributed by atoms with Crippen LogP contribution < -0.4 is 20.3 Å². The standard InChI is InChI=1S/C16H22ClN3O3/c1-10-8-14(15(23-3)9-13(10)17)20(11(2)21)7-6-18-16(22)19-12-4-5-12/h8-9,12H,4-7H2,1-3H3,(H2,18,19,22). The molecule has 0 aromatic heterocycles. The first kappa shape index (κ1) is 17.4. The number of aryl methyl sites for hydroxylation is 1. The molecular weight excluding hydrogens is 318 g/mol. The summed E-state index contributed by atoms with van der Waals surface area (Å²) in [4.78, 5) is 25.2. The molecule has 0 spiro atoms. The van der Waals surface area contributed by atoms with Crippen molar-refractivity contribution >= 4 is 29.2 Å². The fourth-order valence-corrected chi connectivity index (χ4v) is 2.37. The summed E-state index contributed by atoms with van der Waals surface area (Å²) in [6, 6.07) is 3.61. The van der Waals surface area contributed by atoms with E-state index in [0.29, 0.717) is 35.6 Å². The van der Waals surface area contributed by atoms with E-state index < -0.39 is 0 Å². The number of methoxy groups -OCH3 is 1. The summed E-state index contributed by atoms with van der Waals surface area (Å²) in [6.07, 6.45) is 2.07. The monoisotopic (exact) mass is 339 g/mol. The topological polar surface area (TPSA) is 70.7 Å². The number of rotatable bonds is 6. The zero-order valence-electron chi connectivity index (χ0n) is 13.6. The third-order valence-corrected chi connectivity index (χ3v) is 4.07. The van der Waals surface area contributed by atoms with Crippen LogP contribution >= 0.6 is 11.6 Å². The third-order valence-electron chi connectivity index (χ3n) is 3.66. The highest BCUT2D eigenvalue weighted by atomic mass is 35.5. The van der Waals surface area contributed by atoms with Gasteiger partial charge in [0.15, 0.2) is 0 Å². The van der Waals surface area contributed by atoms with Crippen molar-refractivity contribution in [1.29, 1.82) is 0 Å². The van der Waals surface area contributed by atoms with E-state index in [9.17, 15) is 9.59 Å². The van der Waals surface area contributed by atoms with Gasteiger partial charge in [0.05, 0.1) is 12.8 Å². The number of hydrogen-bond acceptors (Lipinski definition) is 3. The molecule has 2 rings (SSSR count). The summed E-state index contributed by atoms with van der Waals surface area (Å²) < 4.78 is 5.32. The molecule has 0 saturated heterocycles.